The van der Waals surface area contributed by atoms with Crippen molar-refractivity contribution in [2.24, 2.45) is 5.92 Å². The van der Waals surface area contributed by atoms with Gasteiger partial charge in [-0.3, -0.25) is 4.79 Å². The van der Waals surface area contributed by atoms with Crippen LogP contribution in [0.25, 0.3) is 0 Å². The Bertz CT molecular complexity index is 485. The number of carbonyl (C=O) groups is 1. The Morgan fingerprint density at radius 1 is 1.32 bits per heavy atom. The third-order valence-electron chi connectivity index (χ3n) is 3.18. The summed E-state index contributed by atoms with van der Waals surface area (Å²) in [5, 5.41) is 8.96. The highest BCUT2D eigenvalue weighted by atomic mass is 19.1. The molecule has 1 aromatic carbocycles. The number of aliphatic carboxylic acids is 1. The lowest BCUT2D eigenvalue weighted by molar-refractivity contribution is -0.141. The van der Waals surface area contributed by atoms with E-state index in [2.05, 4.69) is 0 Å². The zero-order valence-corrected chi connectivity index (χ0v) is 11.0. The summed E-state index contributed by atoms with van der Waals surface area (Å²) in [6.45, 7) is 3.93. The number of carboxylic acid groups (broad SMARTS) is 1. The minimum Gasteiger partial charge on any atom is -0.486 e. The molecule has 104 valence electrons. The van der Waals surface area contributed by atoms with Crippen molar-refractivity contribution in [2.75, 3.05) is 13.2 Å². The number of hydrogen-bond donors (Lipinski definition) is 1. The van der Waals surface area contributed by atoms with E-state index < -0.39 is 18.1 Å². The van der Waals surface area contributed by atoms with Crippen molar-refractivity contribution in [1.82, 2.24) is 0 Å². The van der Waals surface area contributed by atoms with Crippen LogP contribution in [-0.4, -0.2) is 24.3 Å². The van der Waals surface area contributed by atoms with Crippen molar-refractivity contribution in [3.05, 3.63) is 23.3 Å². The molecule has 2 rings (SSSR count). The molecule has 1 N–H and O–H groups in total. The van der Waals surface area contributed by atoms with Gasteiger partial charge in [-0.15, -0.1) is 0 Å². The molecule has 2 atom stereocenters. The summed E-state index contributed by atoms with van der Waals surface area (Å²) in [5.74, 6) is -0.381. The molecule has 0 saturated carbocycles. The van der Waals surface area contributed by atoms with Gasteiger partial charge in [0.25, 0.3) is 0 Å². The molecule has 1 aliphatic rings. The first-order valence-electron chi connectivity index (χ1n) is 6.28. The second kappa shape index (κ2) is 5.47. The zero-order chi connectivity index (χ0) is 14.0. The number of fused-ring (bicyclic) bond motifs is 1. The van der Waals surface area contributed by atoms with E-state index in [0.717, 1.165) is 0 Å². The number of halogens is 1. The smallest absolute Gasteiger partial charge is 0.306 e. The first-order valence-corrected chi connectivity index (χ1v) is 6.28. The third kappa shape index (κ3) is 2.97. The van der Waals surface area contributed by atoms with Crippen LogP contribution in [0.5, 0.6) is 11.5 Å². The van der Waals surface area contributed by atoms with Crippen LogP contribution >= 0.6 is 0 Å². The van der Waals surface area contributed by atoms with Crippen molar-refractivity contribution in [1.29, 1.82) is 0 Å². The number of carboxylic acids is 1. The number of ether oxygens (including phenoxy) is 2. The zero-order valence-electron chi connectivity index (χ0n) is 11.0. The second-order valence-electron chi connectivity index (χ2n) is 4.75. The summed E-state index contributed by atoms with van der Waals surface area (Å²) >= 11 is 0. The molecule has 2 unspecified atom stereocenters. The summed E-state index contributed by atoms with van der Waals surface area (Å²) < 4.78 is 24.5. The number of hydrogen-bond acceptors (Lipinski definition) is 3. The van der Waals surface area contributed by atoms with Crippen molar-refractivity contribution >= 4 is 5.97 Å². The lowest BCUT2D eigenvalue weighted by Crippen LogP contribution is -2.18. The van der Waals surface area contributed by atoms with Crippen LogP contribution < -0.4 is 9.47 Å². The van der Waals surface area contributed by atoms with Crippen molar-refractivity contribution in [3.63, 3.8) is 0 Å². The molecule has 1 heterocycles. The topological polar surface area (TPSA) is 55.8 Å². The molecule has 0 amide bonds. The molecule has 0 fully saturated rings. The van der Waals surface area contributed by atoms with E-state index in [9.17, 15) is 9.18 Å². The Morgan fingerprint density at radius 2 is 1.89 bits per heavy atom. The van der Waals surface area contributed by atoms with Gasteiger partial charge in [0.1, 0.15) is 19.4 Å². The van der Waals surface area contributed by atoms with Crippen molar-refractivity contribution in [3.8, 4) is 11.5 Å². The molecule has 0 aromatic heterocycles. The highest BCUT2D eigenvalue weighted by molar-refractivity contribution is 5.70. The molecule has 1 aliphatic heterocycles. The molecule has 0 bridgehead atoms. The average molecular weight is 268 g/mol. The standard InChI is InChI=1S/C14H17FO4/c1-8(14(16)17)5-10-6-12-13(19-4-3-18-12)7-11(10)9(2)15/h6-9H,3-5H2,1-2H3,(H,16,17). The van der Waals surface area contributed by atoms with Crippen LogP contribution in [0.1, 0.15) is 31.1 Å². The maximum absolute atomic E-state index is 13.7. The van der Waals surface area contributed by atoms with Crippen LogP contribution in [0.15, 0.2) is 12.1 Å². The average Bonchev–Trinajstić information content (AvgIpc) is 2.37. The van der Waals surface area contributed by atoms with Crippen molar-refractivity contribution < 1.29 is 23.8 Å². The Hall–Kier alpha value is -1.78. The SMILES string of the molecule is CC(Cc1cc2c(cc1C(C)F)OCCO2)C(=O)O. The molecular weight excluding hydrogens is 251 g/mol. The minimum absolute atomic E-state index is 0.273. The van der Waals surface area contributed by atoms with E-state index in [1.807, 2.05) is 0 Å². The summed E-state index contributed by atoms with van der Waals surface area (Å²) in [4.78, 5) is 10.9. The van der Waals surface area contributed by atoms with E-state index >= 15 is 0 Å². The van der Waals surface area contributed by atoms with E-state index in [1.165, 1.54) is 6.92 Å². The Labute approximate surface area is 111 Å². The number of alkyl halides is 1. The lowest BCUT2D eigenvalue weighted by Gasteiger charge is -2.22. The normalized spacial score (nSPS) is 16.8. The van der Waals surface area contributed by atoms with Crippen LogP contribution in [0.2, 0.25) is 0 Å². The first kappa shape index (κ1) is 13.6. The fourth-order valence-electron chi connectivity index (χ4n) is 2.11. The van der Waals surface area contributed by atoms with E-state index in [-0.39, 0.29) is 6.42 Å². The van der Waals surface area contributed by atoms with Gasteiger partial charge in [0.2, 0.25) is 0 Å². The van der Waals surface area contributed by atoms with E-state index in [1.54, 1.807) is 19.1 Å². The molecule has 1 aromatic rings. The molecule has 4 nitrogen and oxygen atoms in total. The monoisotopic (exact) mass is 268 g/mol. The third-order valence-corrected chi connectivity index (χ3v) is 3.18. The van der Waals surface area contributed by atoms with Crippen LogP contribution in [0.4, 0.5) is 4.39 Å². The highest BCUT2D eigenvalue weighted by Gasteiger charge is 2.21. The summed E-state index contributed by atoms with van der Waals surface area (Å²) in [6, 6.07) is 3.31. The van der Waals surface area contributed by atoms with Gasteiger partial charge in [-0.05, 0) is 36.6 Å². The molecule has 5 heteroatoms. The lowest BCUT2D eigenvalue weighted by atomic mass is 9.94. The minimum atomic E-state index is -1.17. The maximum Gasteiger partial charge on any atom is 0.306 e. The van der Waals surface area contributed by atoms with Gasteiger partial charge in [0.05, 0.1) is 5.92 Å². The summed E-state index contributed by atoms with van der Waals surface area (Å²) in [6.07, 6.45) is -0.901. The van der Waals surface area contributed by atoms with Gasteiger partial charge < -0.3 is 14.6 Å². The van der Waals surface area contributed by atoms with Crippen LogP contribution in [0.3, 0.4) is 0 Å². The highest BCUT2D eigenvalue weighted by Crippen LogP contribution is 2.37. The van der Waals surface area contributed by atoms with Gasteiger partial charge in [0.15, 0.2) is 11.5 Å². The quantitative estimate of drug-likeness (QED) is 0.912. The van der Waals surface area contributed by atoms with Crippen LogP contribution in [0, 0.1) is 5.92 Å². The number of benzene rings is 1. The van der Waals surface area contributed by atoms with Crippen molar-refractivity contribution in [2.45, 2.75) is 26.4 Å². The molecular formula is C14H17FO4. The van der Waals surface area contributed by atoms with Crippen LogP contribution in [-0.2, 0) is 11.2 Å². The van der Waals surface area contributed by atoms with Gasteiger partial charge >= 0.3 is 5.97 Å². The fourth-order valence-corrected chi connectivity index (χ4v) is 2.11. The molecule has 0 aliphatic carbocycles. The van der Waals surface area contributed by atoms with Gasteiger partial charge in [-0.2, -0.15) is 0 Å². The van der Waals surface area contributed by atoms with Gasteiger partial charge in [0, 0.05) is 0 Å². The second-order valence-corrected chi connectivity index (χ2v) is 4.75. The molecule has 0 saturated heterocycles. The summed E-state index contributed by atoms with van der Waals surface area (Å²) in [5.41, 5.74) is 1.13. The molecule has 0 spiro atoms. The predicted molar refractivity (Wildman–Crippen MR) is 67.5 cm³/mol. The Morgan fingerprint density at radius 3 is 2.42 bits per heavy atom. The fraction of sp³-hybridized carbons (Fsp3) is 0.500. The van der Waals surface area contributed by atoms with E-state index in [4.69, 9.17) is 14.6 Å². The predicted octanol–water partition coefficient (Wildman–Crippen LogP) is 2.75. The Balaban J connectivity index is 2.37. The largest absolute Gasteiger partial charge is 0.486 e. The summed E-state index contributed by atoms with van der Waals surface area (Å²) in [7, 11) is 0. The van der Waals surface area contributed by atoms with Gasteiger partial charge in [-0.1, -0.05) is 6.92 Å². The Kier molecular flexibility index (Phi) is 3.93. The molecule has 0 radical (unpaired) electrons. The number of rotatable bonds is 4. The van der Waals surface area contributed by atoms with Gasteiger partial charge in [-0.25, -0.2) is 4.39 Å². The maximum atomic E-state index is 13.7. The van der Waals surface area contributed by atoms with E-state index in [0.29, 0.717) is 35.8 Å². The first-order chi connectivity index (χ1) is 8.99. The molecule has 19 heavy (non-hydrogen) atoms.